The van der Waals surface area contributed by atoms with Gasteiger partial charge in [-0.3, -0.25) is 4.99 Å². The zero-order chi connectivity index (χ0) is 11.4. The van der Waals surface area contributed by atoms with Crippen LogP contribution in [0.25, 0.3) is 0 Å². The van der Waals surface area contributed by atoms with Gasteiger partial charge in [0.1, 0.15) is 0 Å². The Kier molecular flexibility index (Phi) is 3.69. The van der Waals surface area contributed by atoms with Crippen molar-refractivity contribution in [1.82, 2.24) is 5.32 Å². The summed E-state index contributed by atoms with van der Waals surface area (Å²) in [7, 11) is 0. The topological polar surface area (TPSA) is 59.6 Å². The normalized spacial score (nSPS) is 28.1. The van der Waals surface area contributed by atoms with E-state index in [4.69, 9.17) is 10.5 Å². The van der Waals surface area contributed by atoms with Crippen LogP contribution in [0.4, 0.5) is 0 Å². The minimum absolute atomic E-state index is 0.329. The molecule has 2 fully saturated rings. The number of hydrogen-bond donors (Lipinski definition) is 2. The summed E-state index contributed by atoms with van der Waals surface area (Å²) in [6.07, 6.45) is 6.48. The lowest BCUT2D eigenvalue weighted by Gasteiger charge is -2.12. The standard InChI is InChI=1S/C12H23N3O/c1-2-12(5-6-12)9-15-11(13)14-8-10-4-3-7-16-10/h10H,2-9H2,1H3,(H3,13,14,15). The Hall–Kier alpha value is -0.770. The van der Waals surface area contributed by atoms with Gasteiger partial charge >= 0.3 is 0 Å². The lowest BCUT2D eigenvalue weighted by Crippen LogP contribution is -2.37. The van der Waals surface area contributed by atoms with Crippen molar-refractivity contribution in [2.45, 2.75) is 45.1 Å². The highest BCUT2D eigenvalue weighted by atomic mass is 16.5. The number of aliphatic imine (C=N–C) groups is 1. The molecule has 1 aliphatic carbocycles. The quantitative estimate of drug-likeness (QED) is 0.547. The molecule has 4 heteroatoms. The minimum atomic E-state index is 0.329. The fourth-order valence-electron chi connectivity index (χ4n) is 2.13. The van der Waals surface area contributed by atoms with Crippen molar-refractivity contribution in [3.05, 3.63) is 0 Å². The fourth-order valence-corrected chi connectivity index (χ4v) is 2.13. The molecule has 1 heterocycles. The zero-order valence-electron chi connectivity index (χ0n) is 10.2. The Morgan fingerprint density at radius 1 is 1.56 bits per heavy atom. The van der Waals surface area contributed by atoms with Gasteiger partial charge in [-0.1, -0.05) is 6.92 Å². The second-order valence-electron chi connectivity index (χ2n) is 5.07. The summed E-state index contributed by atoms with van der Waals surface area (Å²) in [5.41, 5.74) is 6.31. The SMILES string of the molecule is CCC1(CN=C(N)NCC2CCCO2)CC1. The van der Waals surface area contributed by atoms with E-state index >= 15 is 0 Å². The number of rotatable bonds is 5. The average Bonchev–Trinajstić information content (AvgIpc) is 2.90. The van der Waals surface area contributed by atoms with E-state index in [1.165, 1.54) is 25.7 Å². The Balaban J connectivity index is 1.66. The van der Waals surface area contributed by atoms with Crippen LogP contribution < -0.4 is 11.1 Å². The van der Waals surface area contributed by atoms with E-state index in [2.05, 4.69) is 17.2 Å². The van der Waals surface area contributed by atoms with Gasteiger partial charge in [0.15, 0.2) is 5.96 Å². The number of nitrogens with zero attached hydrogens (tertiary/aromatic N) is 1. The molecular weight excluding hydrogens is 202 g/mol. The van der Waals surface area contributed by atoms with Crippen molar-refractivity contribution in [3.8, 4) is 0 Å². The number of ether oxygens (including phenoxy) is 1. The maximum absolute atomic E-state index is 5.82. The zero-order valence-corrected chi connectivity index (χ0v) is 10.2. The van der Waals surface area contributed by atoms with Gasteiger partial charge in [0.25, 0.3) is 0 Å². The number of nitrogens with two attached hydrogens (primary N) is 1. The summed E-state index contributed by atoms with van der Waals surface area (Å²) >= 11 is 0. The van der Waals surface area contributed by atoms with Gasteiger partial charge in [-0.2, -0.15) is 0 Å². The summed E-state index contributed by atoms with van der Waals surface area (Å²) in [4.78, 5) is 4.42. The number of hydrogen-bond acceptors (Lipinski definition) is 2. The van der Waals surface area contributed by atoms with Gasteiger partial charge in [0, 0.05) is 19.7 Å². The van der Waals surface area contributed by atoms with Crippen LogP contribution in [0.15, 0.2) is 4.99 Å². The summed E-state index contributed by atoms with van der Waals surface area (Å²) in [6.45, 7) is 4.81. The molecule has 16 heavy (non-hydrogen) atoms. The van der Waals surface area contributed by atoms with Gasteiger partial charge in [-0.15, -0.1) is 0 Å². The van der Waals surface area contributed by atoms with E-state index in [0.29, 0.717) is 17.5 Å². The van der Waals surface area contributed by atoms with Gasteiger partial charge < -0.3 is 15.8 Å². The van der Waals surface area contributed by atoms with Crippen molar-refractivity contribution >= 4 is 5.96 Å². The maximum Gasteiger partial charge on any atom is 0.188 e. The second kappa shape index (κ2) is 5.04. The molecule has 0 aromatic carbocycles. The van der Waals surface area contributed by atoms with Crippen molar-refractivity contribution in [3.63, 3.8) is 0 Å². The molecule has 1 saturated heterocycles. The second-order valence-corrected chi connectivity index (χ2v) is 5.07. The highest BCUT2D eigenvalue weighted by Crippen LogP contribution is 2.48. The van der Waals surface area contributed by atoms with Crippen LogP contribution in [0.3, 0.4) is 0 Å². The van der Waals surface area contributed by atoms with E-state index < -0.39 is 0 Å². The molecule has 3 N–H and O–H groups in total. The van der Waals surface area contributed by atoms with Crippen LogP contribution in [0.1, 0.15) is 39.0 Å². The molecule has 92 valence electrons. The Morgan fingerprint density at radius 2 is 2.38 bits per heavy atom. The molecule has 0 bridgehead atoms. The third-order valence-corrected chi connectivity index (χ3v) is 3.83. The molecule has 1 unspecified atom stereocenters. The van der Waals surface area contributed by atoms with E-state index in [9.17, 15) is 0 Å². The van der Waals surface area contributed by atoms with E-state index in [1.807, 2.05) is 0 Å². The summed E-state index contributed by atoms with van der Waals surface area (Å²) in [6, 6.07) is 0. The van der Waals surface area contributed by atoms with Gasteiger partial charge in [-0.05, 0) is 37.5 Å². The van der Waals surface area contributed by atoms with Crippen molar-refractivity contribution in [1.29, 1.82) is 0 Å². The Bertz CT molecular complexity index is 255. The molecular formula is C12H23N3O. The highest BCUT2D eigenvalue weighted by Gasteiger charge is 2.40. The smallest absolute Gasteiger partial charge is 0.188 e. The van der Waals surface area contributed by atoms with Crippen molar-refractivity contribution < 1.29 is 4.74 Å². The molecule has 1 aliphatic heterocycles. The van der Waals surface area contributed by atoms with Gasteiger partial charge in [0.05, 0.1) is 6.10 Å². The summed E-state index contributed by atoms with van der Waals surface area (Å²) in [5.74, 6) is 0.579. The fraction of sp³-hybridized carbons (Fsp3) is 0.917. The lowest BCUT2D eigenvalue weighted by atomic mass is 10.1. The maximum atomic E-state index is 5.82. The third kappa shape index (κ3) is 3.11. The number of guanidine groups is 1. The van der Waals surface area contributed by atoms with Gasteiger partial charge in [0.2, 0.25) is 0 Å². The molecule has 2 aliphatic rings. The predicted molar refractivity (Wildman–Crippen MR) is 65.4 cm³/mol. The first kappa shape index (κ1) is 11.7. The molecule has 0 amide bonds. The Morgan fingerprint density at radius 3 is 2.94 bits per heavy atom. The van der Waals surface area contributed by atoms with Crippen LogP contribution >= 0.6 is 0 Å². The monoisotopic (exact) mass is 225 g/mol. The third-order valence-electron chi connectivity index (χ3n) is 3.83. The van der Waals surface area contributed by atoms with Crippen molar-refractivity contribution in [2.24, 2.45) is 16.1 Å². The molecule has 1 atom stereocenters. The average molecular weight is 225 g/mol. The van der Waals surface area contributed by atoms with E-state index in [-0.39, 0.29) is 0 Å². The van der Waals surface area contributed by atoms with Crippen LogP contribution in [-0.4, -0.2) is 31.8 Å². The molecule has 1 saturated carbocycles. The molecule has 4 nitrogen and oxygen atoms in total. The molecule has 0 spiro atoms. The predicted octanol–water partition coefficient (Wildman–Crippen LogP) is 1.26. The largest absolute Gasteiger partial charge is 0.376 e. The summed E-state index contributed by atoms with van der Waals surface area (Å²) < 4.78 is 5.51. The van der Waals surface area contributed by atoms with E-state index in [1.54, 1.807) is 0 Å². The van der Waals surface area contributed by atoms with Crippen LogP contribution in [0.2, 0.25) is 0 Å². The Labute approximate surface area is 97.6 Å². The molecule has 0 radical (unpaired) electrons. The summed E-state index contributed by atoms with van der Waals surface area (Å²) in [5, 5.41) is 3.15. The molecule has 2 rings (SSSR count). The van der Waals surface area contributed by atoms with Gasteiger partial charge in [-0.25, -0.2) is 0 Å². The first-order valence-electron chi connectivity index (χ1n) is 6.39. The first-order chi connectivity index (χ1) is 7.74. The highest BCUT2D eigenvalue weighted by molar-refractivity contribution is 5.77. The van der Waals surface area contributed by atoms with Crippen LogP contribution in [-0.2, 0) is 4.74 Å². The lowest BCUT2D eigenvalue weighted by molar-refractivity contribution is 0.114. The molecule has 0 aromatic rings. The number of nitrogens with one attached hydrogen (secondary N) is 1. The first-order valence-corrected chi connectivity index (χ1v) is 6.39. The minimum Gasteiger partial charge on any atom is -0.376 e. The van der Waals surface area contributed by atoms with Crippen LogP contribution in [0, 0.1) is 5.41 Å². The van der Waals surface area contributed by atoms with Crippen LogP contribution in [0.5, 0.6) is 0 Å². The van der Waals surface area contributed by atoms with Crippen molar-refractivity contribution in [2.75, 3.05) is 19.7 Å². The molecule has 0 aromatic heterocycles. The van der Waals surface area contributed by atoms with E-state index in [0.717, 1.165) is 26.1 Å².